The summed E-state index contributed by atoms with van der Waals surface area (Å²) in [5.41, 5.74) is 4.09. The molecule has 0 aliphatic heterocycles. The van der Waals surface area contributed by atoms with Crippen molar-refractivity contribution in [3.05, 3.63) is 59.2 Å². The third-order valence-electron chi connectivity index (χ3n) is 3.97. The molecule has 0 saturated heterocycles. The Hall–Kier alpha value is -2.34. The quantitative estimate of drug-likeness (QED) is 0.860. The second-order valence-electron chi connectivity index (χ2n) is 6.16. The lowest BCUT2D eigenvalue weighted by atomic mass is 10.1. The third-order valence-corrected chi connectivity index (χ3v) is 5.09. The maximum Gasteiger partial charge on any atom is 0.245 e. The molecule has 6 heteroatoms. The molecule has 0 atom stereocenters. The highest BCUT2D eigenvalue weighted by Crippen LogP contribution is 2.24. The Bertz CT molecular complexity index is 859. The Kier molecular flexibility index (Phi) is 5.85. The number of hydrogen-bond donors (Lipinski definition) is 1. The Morgan fingerprint density at radius 1 is 1.08 bits per heavy atom. The number of nitrogens with zero attached hydrogens (tertiary/aromatic N) is 1. The molecule has 0 spiro atoms. The van der Waals surface area contributed by atoms with Crippen LogP contribution in [0.3, 0.4) is 0 Å². The van der Waals surface area contributed by atoms with Crippen LogP contribution >= 0.6 is 0 Å². The van der Waals surface area contributed by atoms with Crippen molar-refractivity contribution >= 4 is 27.3 Å². The Labute approximate surface area is 149 Å². The zero-order valence-electron chi connectivity index (χ0n) is 15.0. The van der Waals surface area contributed by atoms with Gasteiger partial charge in [0.15, 0.2) is 0 Å². The number of aryl methyl sites for hydroxylation is 3. The molecular formula is C19H24N2O3S. The van der Waals surface area contributed by atoms with E-state index in [2.05, 4.69) is 12.2 Å². The number of amides is 1. The maximum absolute atomic E-state index is 12.4. The summed E-state index contributed by atoms with van der Waals surface area (Å²) < 4.78 is 25.6. The smallest absolute Gasteiger partial charge is 0.245 e. The van der Waals surface area contributed by atoms with Crippen molar-refractivity contribution < 1.29 is 13.2 Å². The monoisotopic (exact) mass is 360 g/mol. The van der Waals surface area contributed by atoms with Crippen molar-refractivity contribution in [2.75, 3.05) is 22.4 Å². The van der Waals surface area contributed by atoms with Gasteiger partial charge in [-0.25, -0.2) is 8.42 Å². The molecule has 25 heavy (non-hydrogen) atoms. The average Bonchev–Trinajstić information content (AvgIpc) is 2.55. The summed E-state index contributed by atoms with van der Waals surface area (Å²) in [6.45, 7) is 5.51. The van der Waals surface area contributed by atoms with E-state index < -0.39 is 10.0 Å². The van der Waals surface area contributed by atoms with Gasteiger partial charge in [0.25, 0.3) is 0 Å². The number of hydrogen-bond acceptors (Lipinski definition) is 3. The van der Waals surface area contributed by atoms with Gasteiger partial charge in [-0.2, -0.15) is 0 Å². The van der Waals surface area contributed by atoms with Gasteiger partial charge < -0.3 is 5.32 Å². The van der Waals surface area contributed by atoms with Gasteiger partial charge in [0, 0.05) is 5.69 Å². The lowest BCUT2D eigenvalue weighted by molar-refractivity contribution is -0.114. The summed E-state index contributed by atoms with van der Waals surface area (Å²) in [7, 11) is -3.58. The molecule has 0 aliphatic rings. The second kappa shape index (κ2) is 7.70. The molecule has 2 aromatic carbocycles. The standard InChI is InChI=1S/C19H24N2O3S/c1-5-16-8-10-17(11-9-16)20-19(22)13-21(25(4,23)24)18-12-14(2)6-7-15(18)3/h6-12H,5,13H2,1-4H3,(H,20,22). The summed E-state index contributed by atoms with van der Waals surface area (Å²) >= 11 is 0. The number of nitrogens with one attached hydrogen (secondary N) is 1. The molecule has 5 nitrogen and oxygen atoms in total. The van der Waals surface area contributed by atoms with Crippen molar-refractivity contribution in [3.8, 4) is 0 Å². The summed E-state index contributed by atoms with van der Waals surface area (Å²) in [5.74, 6) is -0.379. The predicted molar refractivity (Wildman–Crippen MR) is 103 cm³/mol. The number of carbonyl (C=O) groups is 1. The van der Waals surface area contributed by atoms with E-state index in [0.29, 0.717) is 11.4 Å². The molecule has 2 aromatic rings. The van der Waals surface area contributed by atoms with Crippen LogP contribution in [0.1, 0.15) is 23.6 Å². The van der Waals surface area contributed by atoms with Crippen molar-refractivity contribution in [1.29, 1.82) is 0 Å². The molecule has 0 unspecified atom stereocenters. The van der Waals surface area contributed by atoms with Gasteiger partial charge in [-0.15, -0.1) is 0 Å². The van der Waals surface area contributed by atoms with E-state index >= 15 is 0 Å². The van der Waals surface area contributed by atoms with Crippen LogP contribution in [0.2, 0.25) is 0 Å². The lowest BCUT2D eigenvalue weighted by Crippen LogP contribution is -2.37. The number of rotatable bonds is 6. The highest BCUT2D eigenvalue weighted by atomic mass is 32.2. The van der Waals surface area contributed by atoms with Crippen LogP contribution < -0.4 is 9.62 Å². The fraction of sp³-hybridized carbons (Fsp3) is 0.316. The first kappa shape index (κ1) is 19.0. The molecule has 1 amide bonds. The highest BCUT2D eigenvalue weighted by molar-refractivity contribution is 7.92. The third kappa shape index (κ3) is 5.06. The number of sulfonamides is 1. The zero-order valence-corrected chi connectivity index (χ0v) is 15.9. The zero-order chi connectivity index (χ0) is 18.6. The van der Waals surface area contributed by atoms with E-state index in [4.69, 9.17) is 0 Å². The molecule has 134 valence electrons. The Balaban J connectivity index is 2.22. The van der Waals surface area contributed by atoms with Gasteiger partial charge in [-0.05, 0) is 55.2 Å². The SMILES string of the molecule is CCc1ccc(NC(=O)CN(c2cc(C)ccc2C)S(C)(=O)=O)cc1. The molecule has 1 N–H and O–H groups in total. The average molecular weight is 360 g/mol. The second-order valence-corrected chi connectivity index (χ2v) is 8.07. The summed E-state index contributed by atoms with van der Waals surface area (Å²) in [6.07, 6.45) is 2.03. The first-order valence-electron chi connectivity index (χ1n) is 8.14. The van der Waals surface area contributed by atoms with Crippen molar-refractivity contribution in [2.24, 2.45) is 0 Å². The molecule has 2 rings (SSSR count). The largest absolute Gasteiger partial charge is 0.325 e. The fourth-order valence-corrected chi connectivity index (χ4v) is 3.43. The van der Waals surface area contributed by atoms with Crippen molar-refractivity contribution in [3.63, 3.8) is 0 Å². The van der Waals surface area contributed by atoms with E-state index in [1.54, 1.807) is 6.07 Å². The maximum atomic E-state index is 12.4. The molecular weight excluding hydrogens is 336 g/mol. The first-order valence-corrected chi connectivity index (χ1v) is 9.99. The Morgan fingerprint density at radius 2 is 1.72 bits per heavy atom. The molecule has 0 radical (unpaired) electrons. The van der Waals surface area contributed by atoms with E-state index in [0.717, 1.165) is 28.1 Å². The molecule has 0 aromatic heterocycles. The van der Waals surface area contributed by atoms with Gasteiger partial charge >= 0.3 is 0 Å². The van der Waals surface area contributed by atoms with E-state index in [1.807, 2.05) is 50.2 Å². The number of benzene rings is 2. The van der Waals surface area contributed by atoms with E-state index in [-0.39, 0.29) is 12.5 Å². The van der Waals surface area contributed by atoms with Gasteiger partial charge in [0.1, 0.15) is 6.54 Å². The van der Waals surface area contributed by atoms with Gasteiger partial charge in [-0.3, -0.25) is 9.10 Å². The van der Waals surface area contributed by atoms with Gasteiger partial charge in [-0.1, -0.05) is 31.2 Å². The molecule has 0 fully saturated rings. The first-order chi connectivity index (χ1) is 11.7. The topological polar surface area (TPSA) is 66.5 Å². The van der Waals surface area contributed by atoms with E-state index in [9.17, 15) is 13.2 Å². The summed E-state index contributed by atoms with van der Waals surface area (Å²) in [5, 5.41) is 2.75. The number of anilines is 2. The molecule has 0 bridgehead atoms. The fourth-order valence-electron chi connectivity index (χ4n) is 2.52. The molecule has 0 aliphatic carbocycles. The molecule has 0 saturated carbocycles. The predicted octanol–water partition coefficient (Wildman–Crippen LogP) is 3.27. The van der Waals surface area contributed by atoms with Gasteiger partial charge in [0.2, 0.25) is 15.9 Å². The molecule has 0 heterocycles. The lowest BCUT2D eigenvalue weighted by Gasteiger charge is -2.24. The minimum atomic E-state index is -3.58. The van der Waals surface area contributed by atoms with Crippen molar-refractivity contribution in [2.45, 2.75) is 27.2 Å². The van der Waals surface area contributed by atoms with E-state index in [1.165, 1.54) is 5.56 Å². The minimum Gasteiger partial charge on any atom is -0.325 e. The normalized spacial score (nSPS) is 11.2. The van der Waals surface area contributed by atoms with Crippen LogP contribution in [0.25, 0.3) is 0 Å². The number of carbonyl (C=O) groups excluding carboxylic acids is 1. The van der Waals surface area contributed by atoms with Crippen LogP contribution in [-0.2, 0) is 21.2 Å². The Morgan fingerprint density at radius 3 is 2.28 bits per heavy atom. The van der Waals surface area contributed by atoms with Crippen LogP contribution in [0.15, 0.2) is 42.5 Å². The summed E-state index contributed by atoms with van der Waals surface area (Å²) in [6, 6.07) is 13.1. The summed E-state index contributed by atoms with van der Waals surface area (Å²) in [4.78, 5) is 12.4. The highest BCUT2D eigenvalue weighted by Gasteiger charge is 2.22. The van der Waals surface area contributed by atoms with Crippen LogP contribution in [0.5, 0.6) is 0 Å². The van der Waals surface area contributed by atoms with Crippen LogP contribution in [0, 0.1) is 13.8 Å². The van der Waals surface area contributed by atoms with Crippen molar-refractivity contribution in [1.82, 2.24) is 0 Å². The van der Waals surface area contributed by atoms with Gasteiger partial charge in [0.05, 0.1) is 11.9 Å². The minimum absolute atomic E-state index is 0.265. The van der Waals surface area contributed by atoms with Crippen LogP contribution in [0.4, 0.5) is 11.4 Å². The van der Waals surface area contributed by atoms with Crippen LogP contribution in [-0.4, -0.2) is 27.1 Å².